The molecule has 1 N–H and O–H groups in total. The van der Waals surface area contributed by atoms with Gasteiger partial charge in [0.25, 0.3) is 11.8 Å². The summed E-state index contributed by atoms with van der Waals surface area (Å²) >= 11 is 11.7. The van der Waals surface area contributed by atoms with E-state index >= 15 is 0 Å². The zero-order chi connectivity index (χ0) is 13.1. The molecule has 18 heavy (non-hydrogen) atoms. The summed E-state index contributed by atoms with van der Waals surface area (Å²) in [6.45, 7) is 0. The lowest BCUT2D eigenvalue weighted by atomic mass is 10.3. The van der Waals surface area contributed by atoms with E-state index in [1.807, 2.05) is 0 Å². The molecule has 5 nitrogen and oxygen atoms in total. The molecule has 0 aliphatic rings. The Morgan fingerprint density at radius 1 is 1.39 bits per heavy atom. The second kappa shape index (κ2) is 5.29. The first kappa shape index (κ1) is 12.7. The number of aromatic nitrogens is 1. The highest BCUT2D eigenvalue weighted by Gasteiger charge is 2.14. The number of rotatable bonds is 3. The van der Waals surface area contributed by atoms with Crippen molar-refractivity contribution in [3.8, 4) is 5.88 Å². The number of nitrogens with one attached hydrogen (secondary N) is 1. The maximum absolute atomic E-state index is 11.8. The topological polar surface area (TPSA) is 64.4 Å². The number of hydrogen-bond donors (Lipinski definition) is 1. The Hall–Kier alpha value is -1.72. The van der Waals surface area contributed by atoms with Crippen LogP contribution in [0.5, 0.6) is 5.88 Å². The van der Waals surface area contributed by atoms with Gasteiger partial charge in [-0.1, -0.05) is 23.2 Å². The van der Waals surface area contributed by atoms with Gasteiger partial charge >= 0.3 is 0 Å². The lowest BCUT2D eigenvalue weighted by molar-refractivity contribution is 0.0987. The molecule has 2 aromatic rings. The van der Waals surface area contributed by atoms with Crippen LogP contribution in [0.1, 0.15) is 10.6 Å². The lowest BCUT2D eigenvalue weighted by Gasteiger charge is -2.04. The predicted molar refractivity (Wildman–Crippen MR) is 67.5 cm³/mol. The Bertz CT molecular complexity index is 583. The summed E-state index contributed by atoms with van der Waals surface area (Å²) in [5.41, 5.74) is 0.432. The largest absolute Gasteiger partial charge is 0.479 e. The highest BCUT2D eigenvalue weighted by atomic mass is 35.5. The van der Waals surface area contributed by atoms with Crippen LogP contribution in [-0.4, -0.2) is 18.2 Å². The van der Waals surface area contributed by atoms with E-state index in [9.17, 15) is 4.79 Å². The number of hydrogen-bond acceptors (Lipinski definition) is 4. The molecule has 1 aromatic carbocycles. The normalized spacial score (nSPS) is 10.2. The van der Waals surface area contributed by atoms with Gasteiger partial charge in [0.15, 0.2) is 0 Å². The first-order valence-electron chi connectivity index (χ1n) is 4.87. The van der Waals surface area contributed by atoms with Gasteiger partial charge in [0.1, 0.15) is 0 Å². The quantitative estimate of drug-likeness (QED) is 0.941. The van der Waals surface area contributed by atoms with Crippen LogP contribution in [0.3, 0.4) is 0 Å². The zero-order valence-corrected chi connectivity index (χ0v) is 10.7. The fraction of sp³-hybridized carbons (Fsp3) is 0.0909. The van der Waals surface area contributed by atoms with E-state index in [2.05, 4.69) is 10.5 Å². The minimum Gasteiger partial charge on any atom is -0.479 e. The molecule has 1 heterocycles. The molecule has 0 fully saturated rings. The molecule has 0 saturated heterocycles. The van der Waals surface area contributed by atoms with Crippen LogP contribution in [0.25, 0.3) is 0 Å². The molecule has 1 amide bonds. The summed E-state index contributed by atoms with van der Waals surface area (Å²) in [7, 11) is 1.43. The maximum Gasteiger partial charge on any atom is 0.294 e. The highest BCUT2D eigenvalue weighted by molar-refractivity contribution is 6.36. The van der Waals surface area contributed by atoms with Gasteiger partial charge in [0.2, 0.25) is 5.76 Å². The number of carbonyl (C=O) groups excluding carboxylic acids is 1. The van der Waals surface area contributed by atoms with Gasteiger partial charge in [-0.2, -0.15) is 0 Å². The van der Waals surface area contributed by atoms with E-state index in [1.54, 1.807) is 12.1 Å². The Kier molecular flexibility index (Phi) is 3.74. The van der Waals surface area contributed by atoms with E-state index < -0.39 is 5.91 Å². The average molecular weight is 287 g/mol. The number of amides is 1. The predicted octanol–water partition coefficient (Wildman–Crippen LogP) is 3.24. The number of methoxy groups -OCH3 is 1. The van der Waals surface area contributed by atoms with E-state index in [-0.39, 0.29) is 11.6 Å². The molecule has 0 unspecified atom stereocenters. The summed E-state index contributed by atoms with van der Waals surface area (Å²) in [4.78, 5) is 11.8. The molecular formula is C11H8Cl2N2O3. The fourth-order valence-corrected chi connectivity index (χ4v) is 1.69. The van der Waals surface area contributed by atoms with Gasteiger partial charge < -0.3 is 14.6 Å². The first-order valence-corrected chi connectivity index (χ1v) is 5.63. The van der Waals surface area contributed by atoms with Gasteiger partial charge in [-0.15, -0.1) is 0 Å². The number of nitrogens with zero attached hydrogens (tertiary/aromatic N) is 1. The van der Waals surface area contributed by atoms with E-state index in [0.717, 1.165) is 0 Å². The maximum atomic E-state index is 11.8. The number of halogens is 2. The molecule has 0 spiro atoms. The van der Waals surface area contributed by atoms with Gasteiger partial charge in [0, 0.05) is 5.02 Å². The first-order chi connectivity index (χ1) is 8.60. The molecule has 0 aliphatic carbocycles. The molecule has 0 aliphatic heterocycles. The van der Waals surface area contributed by atoms with Crippen molar-refractivity contribution >= 4 is 34.8 Å². The van der Waals surface area contributed by atoms with Gasteiger partial charge in [-0.05, 0) is 23.4 Å². The van der Waals surface area contributed by atoms with Gasteiger partial charge in [-0.3, -0.25) is 4.79 Å². The molecule has 1 aromatic heterocycles. The molecular weight excluding hydrogens is 279 g/mol. The zero-order valence-electron chi connectivity index (χ0n) is 9.24. The average Bonchev–Trinajstić information content (AvgIpc) is 2.81. The minimum atomic E-state index is -0.477. The van der Waals surface area contributed by atoms with E-state index in [4.69, 9.17) is 32.5 Å². The molecule has 7 heteroatoms. The fourth-order valence-electron chi connectivity index (χ4n) is 1.24. The number of carbonyl (C=O) groups is 1. The molecule has 0 radical (unpaired) electrons. The van der Waals surface area contributed by atoms with Gasteiger partial charge in [0.05, 0.1) is 23.9 Å². The van der Waals surface area contributed by atoms with E-state index in [0.29, 0.717) is 15.7 Å². The highest BCUT2D eigenvalue weighted by Crippen LogP contribution is 2.26. The standard InChI is InChI=1S/C11H8Cl2N2O3/c1-17-10-5-9(18-15-10)11(16)14-8-3-2-6(12)4-7(8)13/h2-5H,1H3,(H,14,16). The lowest BCUT2D eigenvalue weighted by Crippen LogP contribution is -2.11. The van der Waals surface area contributed by atoms with E-state index in [1.165, 1.54) is 19.2 Å². The smallest absolute Gasteiger partial charge is 0.294 e. The van der Waals surface area contributed by atoms with Crippen molar-refractivity contribution in [2.45, 2.75) is 0 Å². The Labute approximate surface area is 113 Å². The summed E-state index contributed by atoms with van der Waals surface area (Å²) in [6, 6.07) is 6.11. The summed E-state index contributed by atoms with van der Waals surface area (Å²) in [6.07, 6.45) is 0. The second-order valence-electron chi connectivity index (χ2n) is 3.31. The molecule has 0 bridgehead atoms. The SMILES string of the molecule is COc1cc(C(=O)Nc2ccc(Cl)cc2Cl)on1. The monoisotopic (exact) mass is 286 g/mol. The van der Waals surface area contributed by atoms with Crippen molar-refractivity contribution in [2.24, 2.45) is 0 Å². The minimum absolute atomic E-state index is 0.0258. The number of ether oxygens (including phenoxy) is 1. The van der Waals surface area contributed by atoms with Crippen molar-refractivity contribution in [3.05, 3.63) is 40.1 Å². The van der Waals surface area contributed by atoms with Crippen LogP contribution in [0, 0.1) is 0 Å². The second-order valence-corrected chi connectivity index (χ2v) is 4.16. The Balaban J connectivity index is 2.16. The van der Waals surface area contributed by atoms with Crippen LogP contribution in [0.4, 0.5) is 5.69 Å². The van der Waals surface area contributed by atoms with Crippen LogP contribution in [0.2, 0.25) is 10.0 Å². The van der Waals surface area contributed by atoms with Crippen molar-refractivity contribution in [3.63, 3.8) is 0 Å². The third-order valence-corrected chi connectivity index (χ3v) is 2.65. The van der Waals surface area contributed by atoms with Crippen LogP contribution < -0.4 is 10.1 Å². The van der Waals surface area contributed by atoms with Crippen molar-refractivity contribution in [2.75, 3.05) is 12.4 Å². The van der Waals surface area contributed by atoms with Crippen LogP contribution >= 0.6 is 23.2 Å². The van der Waals surface area contributed by atoms with Gasteiger partial charge in [-0.25, -0.2) is 0 Å². The number of benzene rings is 1. The summed E-state index contributed by atoms with van der Waals surface area (Å²) in [5, 5.41) is 6.92. The third kappa shape index (κ3) is 2.75. The molecule has 0 atom stereocenters. The molecule has 94 valence electrons. The number of anilines is 1. The van der Waals surface area contributed by atoms with Crippen molar-refractivity contribution in [1.29, 1.82) is 0 Å². The summed E-state index contributed by atoms with van der Waals surface area (Å²) in [5.74, 6) is -0.227. The molecule has 2 rings (SSSR count). The van der Waals surface area contributed by atoms with Crippen molar-refractivity contribution in [1.82, 2.24) is 5.16 Å². The van der Waals surface area contributed by atoms with Crippen LogP contribution in [0.15, 0.2) is 28.8 Å². The summed E-state index contributed by atoms with van der Waals surface area (Å²) < 4.78 is 9.60. The molecule has 0 saturated carbocycles. The van der Waals surface area contributed by atoms with Crippen molar-refractivity contribution < 1.29 is 14.1 Å². The third-order valence-electron chi connectivity index (χ3n) is 2.10. The Morgan fingerprint density at radius 2 is 2.17 bits per heavy atom. The Morgan fingerprint density at radius 3 is 2.78 bits per heavy atom. The van der Waals surface area contributed by atoms with Crippen LogP contribution in [-0.2, 0) is 0 Å².